The van der Waals surface area contributed by atoms with Gasteiger partial charge in [-0.15, -0.1) is 0 Å². The van der Waals surface area contributed by atoms with Crippen LogP contribution in [0.2, 0.25) is 0 Å². The van der Waals surface area contributed by atoms with Gasteiger partial charge in [-0.3, -0.25) is 9.78 Å². The lowest BCUT2D eigenvalue weighted by Gasteiger charge is -2.08. The van der Waals surface area contributed by atoms with Crippen molar-refractivity contribution in [1.82, 2.24) is 10.4 Å². The average molecular weight is 398 g/mol. The van der Waals surface area contributed by atoms with Gasteiger partial charge in [-0.1, -0.05) is 62.4 Å². The summed E-state index contributed by atoms with van der Waals surface area (Å²) in [6, 6.07) is 18.2. The molecule has 152 valence electrons. The Kier molecular flexibility index (Phi) is 5.75. The predicted octanol–water partition coefficient (Wildman–Crippen LogP) is 6.05. The van der Waals surface area contributed by atoms with E-state index in [1.54, 1.807) is 6.21 Å². The standard InChI is InChI=1S/C26H27N3O/c1-17(2)20-10-8-19(9-11-20)14-18(3)16-27-29-26(30)23-15-25(21-12-13-21)28-24-7-5-4-6-22(23)24/h4-11,14-17,21H,12-13H2,1-3H3,(H,29,30)/b18-14+,27-16+. The highest BCUT2D eigenvalue weighted by Crippen LogP contribution is 2.40. The van der Waals surface area contributed by atoms with Crippen molar-refractivity contribution in [2.24, 2.45) is 5.10 Å². The van der Waals surface area contributed by atoms with E-state index in [1.807, 2.05) is 43.3 Å². The van der Waals surface area contributed by atoms with Crippen molar-refractivity contribution in [2.75, 3.05) is 0 Å². The van der Waals surface area contributed by atoms with E-state index in [4.69, 9.17) is 4.98 Å². The number of rotatable bonds is 6. The van der Waals surface area contributed by atoms with Crippen molar-refractivity contribution < 1.29 is 4.79 Å². The van der Waals surface area contributed by atoms with Gasteiger partial charge in [0.1, 0.15) is 0 Å². The van der Waals surface area contributed by atoms with Gasteiger partial charge in [-0.25, -0.2) is 5.43 Å². The lowest BCUT2D eigenvalue weighted by molar-refractivity contribution is 0.0956. The number of aromatic nitrogens is 1. The van der Waals surface area contributed by atoms with Gasteiger partial charge in [0.15, 0.2) is 0 Å². The third-order valence-electron chi connectivity index (χ3n) is 5.41. The fraction of sp³-hybridized carbons (Fsp3) is 0.269. The van der Waals surface area contributed by atoms with Gasteiger partial charge in [-0.2, -0.15) is 5.10 Å². The number of hydrogen-bond acceptors (Lipinski definition) is 3. The molecule has 1 N–H and O–H groups in total. The first-order valence-electron chi connectivity index (χ1n) is 10.5. The molecule has 1 saturated carbocycles. The molecule has 0 unspecified atom stereocenters. The lowest BCUT2D eigenvalue weighted by atomic mass is 10.0. The molecule has 0 radical (unpaired) electrons. The first-order valence-corrected chi connectivity index (χ1v) is 10.5. The minimum absolute atomic E-state index is 0.208. The van der Waals surface area contributed by atoms with Crippen molar-refractivity contribution in [2.45, 2.75) is 45.4 Å². The molecule has 0 spiro atoms. The number of hydrogen-bond donors (Lipinski definition) is 1. The molecule has 1 aromatic heterocycles. The van der Waals surface area contributed by atoms with Crippen LogP contribution in [0.1, 0.15) is 72.6 Å². The van der Waals surface area contributed by atoms with E-state index in [0.29, 0.717) is 17.4 Å². The summed E-state index contributed by atoms with van der Waals surface area (Å²) in [5.74, 6) is 0.795. The molecule has 1 amide bonds. The maximum atomic E-state index is 12.8. The summed E-state index contributed by atoms with van der Waals surface area (Å²) in [6.45, 7) is 6.34. The van der Waals surface area contributed by atoms with Crippen molar-refractivity contribution >= 4 is 29.1 Å². The molecule has 4 nitrogen and oxygen atoms in total. The third kappa shape index (κ3) is 4.65. The molecular weight excluding hydrogens is 370 g/mol. The van der Waals surface area contributed by atoms with Crippen LogP contribution >= 0.6 is 0 Å². The Bertz CT molecular complexity index is 1120. The lowest BCUT2D eigenvalue weighted by Crippen LogP contribution is -2.18. The van der Waals surface area contributed by atoms with Gasteiger partial charge in [0, 0.05) is 17.0 Å². The van der Waals surface area contributed by atoms with E-state index in [1.165, 1.54) is 5.56 Å². The fourth-order valence-corrected chi connectivity index (χ4v) is 3.50. The first-order chi connectivity index (χ1) is 14.5. The second-order valence-corrected chi connectivity index (χ2v) is 8.29. The van der Waals surface area contributed by atoms with Crippen molar-refractivity contribution in [3.63, 3.8) is 0 Å². The molecule has 4 heteroatoms. The summed E-state index contributed by atoms with van der Waals surface area (Å²) in [6.07, 6.45) is 6.02. The summed E-state index contributed by atoms with van der Waals surface area (Å²) in [5, 5.41) is 5.03. The predicted molar refractivity (Wildman–Crippen MR) is 124 cm³/mol. The molecule has 1 aliphatic carbocycles. The van der Waals surface area contributed by atoms with E-state index >= 15 is 0 Å². The molecule has 1 fully saturated rings. The number of pyridine rings is 1. The molecule has 30 heavy (non-hydrogen) atoms. The summed E-state index contributed by atoms with van der Waals surface area (Å²) in [7, 11) is 0. The molecule has 0 atom stereocenters. The van der Waals surface area contributed by atoms with Crippen LogP contribution in [0.15, 0.2) is 65.3 Å². The van der Waals surface area contributed by atoms with Crippen LogP contribution in [0.5, 0.6) is 0 Å². The normalized spacial score (nSPS) is 14.6. The highest BCUT2D eigenvalue weighted by atomic mass is 16.2. The second kappa shape index (κ2) is 8.62. The Balaban J connectivity index is 1.48. The Labute approximate surface area is 177 Å². The Morgan fingerprint density at radius 2 is 1.87 bits per heavy atom. The number of fused-ring (bicyclic) bond motifs is 1. The monoisotopic (exact) mass is 397 g/mol. The van der Waals surface area contributed by atoms with Gasteiger partial charge in [0.25, 0.3) is 5.91 Å². The van der Waals surface area contributed by atoms with Crippen molar-refractivity contribution in [3.05, 3.63) is 82.6 Å². The van der Waals surface area contributed by atoms with Crippen LogP contribution in [0, 0.1) is 0 Å². The highest BCUT2D eigenvalue weighted by molar-refractivity contribution is 6.06. The quantitative estimate of drug-likeness (QED) is 0.406. The largest absolute Gasteiger partial charge is 0.272 e. The Morgan fingerprint density at radius 1 is 1.13 bits per heavy atom. The van der Waals surface area contributed by atoms with Crippen molar-refractivity contribution in [1.29, 1.82) is 0 Å². The molecular formula is C26H27N3O. The second-order valence-electron chi connectivity index (χ2n) is 8.29. The zero-order chi connectivity index (χ0) is 21.1. The van der Waals surface area contributed by atoms with Crippen molar-refractivity contribution in [3.8, 4) is 0 Å². The van der Waals surface area contributed by atoms with Crippen LogP contribution < -0.4 is 5.43 Å². The molecule has 3 aromatic rings. The summed E-state index contributed by atoms with van der Waals surface area (Å²) < 4.78 is 0. The van der Waals surface area contributed by atoms with Gasteiger partial charge < -0.3 is 0 Å². The first kappa shape index (κ1) is 20.0. The van der Waals surface area contributed by atoms with Crippen LogP contribution in [0.25, 0.3) is 17.0 Å². The number of hydrazone groups is 1. The average Bonchev–Trinajstić information content (AvgIpc) is 3.58. The smallest absolute Gasteiger partial charge is 0.267 e. The van der Waals surface area contributed by atoms with Crippen LogP contribution in [0.3, 0.4) is 0 Å². The summed E-state index contributed by atoms with van der Waals surface area (Å²) in [4.78, 5) is 17.5. The number of benzene rings is 2. The third-order valence-corrected chi connectivity index (χ3v) is 5.41. The number of para-hydroxylation sites is 1. The number of nitrogens with zero attached hydrogens (tertiary/aromatic N) is 2. The zero-order valence-electron chi connectivity index (χ0n) is 17.7. The molecule has 4 rings (SSSR count). The Morgan fingerprint density at radius 3 is 2.57 bits per heavy atom. The summed E-state index contributed by atoms with van der Waals surface area (Å²) in [5.41, 5.74) is 8.57. The number of carbonyl (C=O) groups is 1. The minimum atomic E-state index is -0.208. The molecule has 2 aromatic carbocycles. The topological polar surface area (TPSA) is 54.4 Å². The van der Waals surface area contributed by atoms with E-state index < -0.39 is 0 Å². The molecule has 0 saturated heterocycles. The number of nitrogens with one attached hydrogen (secondary N) is 1. The summed E-state index contributed by atoms with van der Waals surface area (Å²) >= 11 is 0. The molecule has 0 aliphatic heterocycles. The molecule has 1 heterocycles. The van der Waals surface area contributed by atoms with E-state index in [-0.39, 0.29) is 5.91 Å². The zero-order valence-corrected chi connectivity index (χ0v) is 17.7. The maximum Gasteiger partial charge on any atom is 0.272 e. The molecule has 0 bridgehead atoms. The number of carbonyl (C=O) groups excluding carboxylic acids is 1. The van der Waals surface area contributed by atoms with Crippen LogP contribution in [-0.4, -0.2) is 17.1 Å². The minimum Gasteiger partial charge on any atom is -0.267 e. The fourth-order valence-electron chi connectivity index (χ4n) is 3.50. The number of amides is 1. The van der Waals surface area contributed by atoms with Gasteiger partial charge in [0.05, 0.1) is 17.3 Å². The van der Waals surface area contributed by atoms with Gasteiger partial charge >= 0.3 is 0 Å². The maximum absolute atomic E-state index is 12.8. The highest BCUT2D eigenvalue weighted by Gasteiger charge is 2.26. The van der Waals surface area contributed by atoms with Crippen LogP contribution in [0.4, 0.5) is 0 Å². The van der Waals surface area contributed by atoms with Gasteiger partial charge in [0.2, 0.25) is 0 Å². The van der Waals surface area contributed by atoms with Crippen LogP contribution in [-0.2, 0) is 0 Å². The number of allylic oxidation sites excluding steroid dienone is 1. The van der Waals surface area contributed by atoms with E-state index in [2.05, 4.69) is 48.6 Å². The van der Waals surface area contributed by atoms with Gasteiger partial charge in [-0.05, 0) is 54.5 Å². The van der Waals surface area contributed by atoms with E-state index in [0.717, 1.165) is 40.6 Å². The SMILES string of the molecule is CC(/C=N/NC(=O)c1cc(C2CC2)nc2ccccc12)=C\c1ccc(C(C)C)cc1. The molecule has 1 aliphatic rings. The Hall–Kier alpha value is -3.27. The van der Waals surface area contributed by atoms with E-state index in [9.17, 15) is 4.79 Å².